The van der Waals surface area contributed by atoms with Crippen LogP contribution in [0.15, 0.2) is 109 Å². The van der Waals surface area contributed by atoms with Gasteiger partial charge in [-0.3, -0.25) is 4.79 Å². The highest BCUT2D eigenvalue weighted by Gasteiger charge is 2.14. The summed E-state index contributed by atoms with van der Waals surface area (Å²) >= 11 is 1.27. The van der Waals surface area contributed by atoms with Gasteiger partial charge in [0.2, 0.25) is 4.96 Å². The molecule has 0 fully saturated rings. The van der Waals surface area contributed by atoms with Crippen LogP contribution in [0.3, 0.4) is 0 Å². The lowest BCUT2D eigenvalue weighted by Crippen LogP contribution is -2.23. The van der Waals surface area contributed by atoms with Crippen LogP contribution in [0, 0.1) is 0 Å². The van der Waals surface area contributed by atoms with E-state index in [-0.39, 0.29) is 5.56 Å². The third kappa shape index (κ3) is 6.46. The van der Waals surface area contributed by atoms with Crippen LogP contribution in [0.5, 0.6) is 17.2 Å². The number of rotatable bonds is 12. The van der Waals surface area contributed by atoms with Crippen LogP contribution in [0.2, 0.25) is 0 Å². The fourth-order valence-corrected chi connectivity index (χ4v) is 5.49. The van der Waals surface area contributed by atoms with Crippen molar-refractivity contribution < 1.29 is 14.2 Å². The summed E-state index contributed by atoms with van der Waals surface area (Å²) in [7, 11) is 1.59. The van der Waals surface area contributed by atoms with Gasteiger partial charge in [-0.15, -0.1) is 5.10 Å². The first-order valence-corrected chi connectivity index (χ1v) is 14.9. The van der Waals surface area contributed by atoms with Crippen molar-refractivity contribution in [3.8, 4) is 34.2 Å². The van der Waals surface area contributed by atoms with Gasteiger partial charge in [0.1, 0.15) is 24.7 Å². The summed E-state index contributed by atoms with van der Waals surface area (Å²) in [5.41, 5.74) is 3.93. The van der Waals surface area contributed by atoms with E-state index in [4.69, 9.17) is 19.3 Å². The molecular formula is C35H29N5O4S. The van der Waals surface area contributed by atoms with E-state index in [2.05, 4.69) is 23.2 Å². The van der Waals surface area contributed by atoms with Gasteiger partial charge >= 0.3 is 0 Å². The summed E-state index contributed by atoms with van der Waals surface area (Å²) in [4.78, 5) is 18.5. The lowest BCUT2D eigenvalue weighted by atomic mass is 10.1. The van der Waals surface area contributed by atoms with Crippen LogP contribution < -0.4 is 24.3 Å². The predicted octanol–water partition coefficient (Wildman–Crippen LogP) is 5.86. The van der Waals surface area contributed by atoms with Gasteiger partial charge in [-0.2, -0.15) is 14.6 Å². The largest absolute Gasteiger partial charge is 0.493 e. The number of benzene rings is 3. The Morgan fingerprint density at radius 3 is 2.40 bits per heavy atom. The number of para-hydroxylation sites is 1. The van der Waals surface area contributed by atoms with Crippen molar-refractivity contribution in [2.24, 2.45) is 0 Å². The molecule has 0 saturated heterocycles. The van der Waals surface area contributed by atoms with Gasteiger partial charge in [-0.05, 0) is 66.2 Å². The van der Waals surface area contributed by atoms with E-state index < -0.39 is 0 Å². The summed E-state index contributed by atoms with van der Waals surface area (Å²) in [6, 6.07) is 23.1. The Balaban J connectivity index is 1.32. The number of nitrogens with zero attached hydrogens (tertiary/aromatic N) is 5. The molecule has 45 heavy (non-hydrogen) atoms. The zero-order valence-corrected chi connectivity index (χ0v) is 25.3. The Bertz CT molecular complexity index is 2110. The molecule has 0 saturated carbocycles. The first kappa shape index (κ1) is 29.3. The summed E-state index contributed by atoms with van der Waals surface area (Å²) in [5.74, 6) is 2.39. The van der Waals surface area contributed by atoms with Crippen molar-refractivity contribution in [3.05, 3.63) is 136 Å². The van der Waals surface area contributed by atoms with Crippen LogP contribution in [0.25, 0.3) is 40.1 Å². The van der Waals surface area contributed by atoms with Crippen molar-refractivity contribution in [1.29, 1.82) is 0 Å². The normalized spacial score (nSPS) is 11.7. The van der Waals surface area contributed by atoms with Crippen molar-refractivity contribution in [2.45, 2.75) is 0 Å². The Labute approximate surface area is 263 Å². The minimum atomic E-state index is -0.251. The maximum atomic E-state index is 13.4. The van der Waals surface area contributed by atoms with Crippen LogP contribution in [-0.2, 0) is 0 Å². The van der Waals surface area contributed by atoms with Crippen molar-refractivity contribution in [3.63, 3.8) is 0 Å². The average Bonchev–Trinajstić information content (AvgIpc) is 3.77. The number of ether oxygens (including phenoxy) is 3. The standard InChI is InChI=1S/C35H29N5O4S/c1-4-19-43-28-15-13-25(14-16-28)33-26(23-39(38-33)27-9-7-6-8-10-27)22-31-34(41)40-35(45-31)36-32(37-40)18-12-24-11-17-29(44-20-5-2)30(21-24)42-3/h4-18,21-23H,1-2,19-20H2,3H3/b18-12+,31-22-. The quantitative estimate of drug-likeness (QED) is 0.159. The number of aromatic nitrogens is 5. The molecule has 0 aliphatic rings. The van der Waals surface area contributed by atoms with Gasteiger partial charge in [-0.25, -0.2) is 4.68 Å². The molecule has 0 unspecified atom stereocenters. The molecule has 0 bridgehead atoms. The van der Waals surface area contributed by atoms with E-state index in [0.717, 1.165) is 33.8 Å². The summed E-state index contributed by atoms with van der Waals surface area (Å²) in [6.07, 6.45) is 10.7. The van der Waals surface area contributed by atoms with E-state index in [9.17, 15) is 4.79 Å². The summed E-state index contributed by atoms with van der Waals surface area (Å²) < 4.78 is 20.3. The highest BCUT2D eigenvalue weighted by atomic mass is 32.1. The first-order chi connectivity index (χ1) is 22.1. The highest BCUT2D eigenvalue weighted by molar-refractivity contribution is 7.15. The Morgan fingerprint density at radius 1 is 0.889 bits per heavy atom. The number of methoxy groups -OCH3 is 1. The molecule has 3 aromatic carbocycles. The molecule has 0 spiro atoms. The maximum absolute atomic E-state index is 13.4. The lowest BCUT2D eigenvalue weighted by molar-refractivity contribution is 0.326. The van der Waals surface area contributed by atoms with Crippen LogP contribution in [0.4, 0.5) is 0 Å². The number of hydrogen-bond acceptors (Lipinski definition) is 8. The molecule has 9 nitrogen and oxygen atoms in total. The molecular weight excluding hydrogens is 586 g/mol. The van der Waals surface area contributed by atoms with E-state index in [1.807, 2.05) is 91.1 Å². The zero-order chi connectivity index (χ0) is 31.2. The van der Waals surface area contributed by atoms with Gasteiger partial charge in [0.25, 0.3) is 5.56 Å². The molecule has 0 radical (unpaired) electrons. The van der Waals surface area contributed by atoms with Gasteiger partial charge < -0.3 is 14.2 Å². The maximum Gasteiger partial charge on any atom is 0.291 e. The molecule has 0 N–H and O–H groups in total. The minimum Gasteiger partial charge on any atom is -0.493 e. The Kier molecular flexibility index (Phi) is 8.65. The van der Waals surface area contributed by atoms with Crippen molar-refractivity contribution in [2.75, 3.05) is 20.3 Å². The molecule has 6 rings (SSSR count). The minimum absolute atomic E-state index is 0.251. The summed E-state index contributed by atoms with van der Waals surface area (Å²) in [6.45, 7) is 8.17. The fourth-order valence-electron chi connectivity index (χ4n) is 4.58. The van der Waals surface area contributed by atoms with E-state index >= 15 is 0 Å². The lowest BCUT2D eigenvalue weighted by Gasteiger charge is -2.09. The third-order valence-corrected chi connectivity index (χ3v) is 7.67. The van der Waals surface area contributed by atoms with Gasteiger partial charge in [0.05, 0.1) is 17.3 Å². The summed E-state index contributed by atoms with van der Waals surface area (Å²) in [5, 5.41) is 9.32. The molecule has 10 heteroatoms. The second kappa shape index (κ2) is 13.3. The van der Waals surface area contributed by atoms with Gasteiger partial charge in [0.15, 0.2) is 17.3 Å². The molecule has 224 valence electrons. The third-order valence-electron chi connectivity index (χ3n) is 6.71. The number of thiazole rings is 1. The average molecular weight is 616 g/mol. The second-order valence-electron chi connectivity index (χ2n) is 9.76. The molecule has 0 aliphatic heterocycles. The van der Waals surface area contributed by atoms with Crippen LogP contribution >= 0.6 is 11.3 Å². The van der Waals surface area contributed by atoms with Crippen LogP contribution in [0.1, 0.15) is 17.0 Å². The number of fused-ring (bicyclic) bond motifs is 1. The van der Waals surface area contributed by atoms with Crippen LogP contribution in [-0.4, -0.2) is 44.7 Å². The molecule has 0 amide bonds. The number of hydrogen-bond donors (Lipinski definition) is 0. The Morgan fingerprint density at radius 2 is 1.67 bits per heavy atom. The fraction of sp³-hybridized carbons (Fsp3) is 0.0857. The van der Waals surface area contributed by atoms with Crippen molar-refractivity contribution >= 4 is 34.5 Å². The smallest absolute Gasteiger partial charge is 0.291 e. The zero-order valence-electron chi connectivity index (χ0n) is 24.5. The topological polar surface area (TPSA) is 92.8 Å². The van der Waals surface area contributed by atoms with E-state index in [1.54, 1.807) is 30.0 Å². The molecule has 3 aromatic heterocycles. The van der Waals surface area contributed by atoms with Gasteiger partial charge in [-0.1, -0.05) is 67.0 Å². The molecule has 0 aliphatic carbocycles. The highest BCUT2D eigenvalue weighted by Crippen LogP contribution is 2.29. The Hall–Kier alpha value is -5.74. The SMILES string of the molecule is C=CCOc1ccc(-c2nn(-c3ccccc3)cc2/C=c2\sc3nc(/C=C/c4ccc(OCC=C)c(OC)c4)nn3c2=O)cc1. The monoisotopic (exact) mass is 615 g/mol. The second-order valence-corrected chi connectivity index (χ2v) is 10.8. The van der Waals surface area contributed by atoms with Crippen molar-refractivity contribution in [1.82, 2.24) is 24.4 Å². The molecule has 6 aromatic rings. The molecule has 3 heterocycles. The molecule has 0 atom stereocenters. The predicted molar refractivity (Wildman–Crippen MR) is 178 cm³/mol. The van der Waals surface area contributed by atoms with Gasteiger partial charge in [0, 0.05) is 17.3 Å². The van der Waals surface area contributed by atoms with E-state index in [1.165, 1.54) is 15.9 Å². The first-order valence-electron chi connectivity index (χ1n) is 14.1. The van der Waals surface area contributed by atoms with E-state index in [0.29, 0.717) is 40.0 Å².